The molecular formula is C17H29NO3. The molecule has 0 saturated heterocycles. The zero-order valence-electron chi connectivity index (χ0n) is 13.3. The maximum atomic E-state index is 11.3. The predicted molar refractivity (Wildman–Crippen MR) is 85.6 cm³/mol. The van der Waals surface area contributed by atoms with E-state index in [-0.39, 0.29) is 6.42 Å². The van der Waals surface area contributed by atoms with Crippen LogP contribution in [0.2, 0.25) is 0 Å². The average molecular weight is 295 g/mol. The first-order chi connectivity index (χ1) is 10.1. The molecule has 0 aliphatic heterocycles. The Balaban J connectivity index is 3.51. The standard InChI is InChI=1S/C17H29NO3/c1-3-4-5-6-7-8-9-10-11-12-13-14-16(19)21-17(20)15(2)18/h7-8,10-11,15H,3-6,9,12-14,18H2,1-2H3/b8-7-,11-10-. The van der Waals surface area contributed by atoms with Gasteiger partial charge in [-0.05, 0) is 39.0 Å². The number of hydrogen-bond acceptors (Lipinski definition) is 4. The molecule has 2 N–H and O–H groups in total. The van der Waals surface area contributed by atoms with Crippen LogP contribution < -0.4 is 5.73 Å². The van der Waals surface area contributed by atoms with Crippen molar-refractivity contribution in [3.63, 3.8) is 0 Å². The fraction of sp³-hybridized carbons (Fsp3) is 0.647. The summed E-state index contributed by atoms with van der Waals surface area (Å²) in [7, 11) is 0. The van der Waals surface area contributed by atoms with E-state index in [0.717, 1.165) is 19.3 Å². The number of carbonyl (C=O) groups excluding carboxylic acids is 2. The number of unbranched alkanes of at least 4 members (excludes halogenated alkanes) is 4. The van der Waals surface area contributed by atoms with Gasteiger partial charge in [-0.25, -0.2) is 4.79 Å². The normalized spacial score (nSPS) is 12.9. The molecule has 1 atom stereocenters. The third-order valence-electron chi connectivity index (χ3n) is 2.92. The smallest absolute Gasteiger partial charge is 0.330 e. The summed E-state index contributed by atoms with van der Waals surface area (Å²) in [6.07, 6.45) is 16.2. The van der Waals surface area contributed by atoms with Crippen molar-refractivity contribution in [2.75, 3.05) is 0 Å². The molecule has 0 aliphatic carbocycles. The minimum absolute atomic E-state index is 0.246. The summed E-state index contributed by atoms with van der Waals surface area (Å²) >= 11 is 0. The fourth-order valence-corrected chi connectivity index (χ4v) is 1.64. The lowest BCUT2D eigenvalue weighted by Gasteiger charge is -2.04. The molecule has 0 spiro atoms. The second-order valence-electron chi connectivity index (χ2n) is 5.15. The molecule has 0 bridgehead atoms. The number of hydrogen-bond donors (Lipinski definition) is 1. The van der Waals surface area contributed by atoms with E-state index in [2.05, 4.69) is 36.0 Å². The topological polar surface area (TPSA) is 69.4 Å². The molecule has 0 aromatic heterocycles. The highest BCUT2D eigenvalue weighted by atomic mass is 16.6. The quantitative estimate of drug-likeness (QED) is 0.273. The number of rotatable bonds is 11. The minimum Gasteiger partial charge on any atom is -0.392 e. The predicted octanol–water partition coefficient (Wildman–Crippen LogP) is 3.66. The number of allylic oxidation sites excluding steroid dienone is 4. The van der Waals surface area contributed by atoms with Crippen LogP contribution in [-0.4, -0.2) is 18.0 Å². The maximum absolute atomic E-state index is 11.3. The third kappa shape index (κ3) is 13.3. The summed E-state index contributed by atoms with van der Waals surface area (Å²) in [5.41, 5.74) is 5.30. The summed E-state index contributed by atoms with van der Waals surface area (Å²) in [6, 6.07) is -0.752. The molecule has 0 radical (unpaired) electrons. The lowest BCUT2D eigenvalue weighted by molar-refractivity contribution is -0.160. The van der Waals surface area contributed by atoms with Crippen molar-refractivity contribution in [1.82, 2.24) is 0 Å². The zero-order chi connectivity index (χ0) is 15.9. The summed E-state index contributed by atoms with van der Waals surface area (Å²) < 4.78 is 4.57. The van der Waals surface area contributed by atoms with Crippen molar-refractivity contribution in [3.8, 4) is 0 Å². The van der Waals surface area contributed by atoms with Crippen LogP contribution in [-0.2, 0) is 14.3 Å². The molecule has 0 aromatic carbocycles. The molecule has 0 aromatic rings. The van der Waals surface area contributed by atoms with Crippen LogP contribution in [0, 0.1) is 0 Å². The molecule has 1 unspecified atom stereocenters. The van der Waals surface area contributed by atoms with Crippen molar-refractivity contribution in [2.45, 2.75) is 71.3 Å². The number of carbonyl (C=O) groups is 2. The van der Waals surface area contributed by atoms with Gasteiger partial charge in [0, 0.05) is 6.42 Å². The van der Waals surface area contributed by atoms with E-state index in [0.29, 0.717) is 6.42 Å². The Morgan fingerprint density at radius 3 is 2.24 bits per heavy atom. The molecule has 0 amide bonds. The Morgan fingerprint density at radius 1 is 1.05 bits per heavy atom. The highest BCUT2D eigenvalue weighted by Crippen LogP contribution is 2.02. The van der Waals surface area contributed by atoms with Crippen LogP contribution in [0.25, 0.3) is 0 Å². The Kier molecular flexibility index (Phi) is 12.6. The van der Waals surface area contributed by atoms with Crippen LogP contribution in [0.1, 0.15) is 65.2 Å². The average Bonchev–Trinajstić information content (AvgIpc) is 2.44. The van der Waals surface area contributed by atoms with Crippen molar-refractivity contribution in [1.29, 1.82) is 0 Å². The zero-order valence-corrected chi connectivity index (χ0v) is 13.3. The number of nitrogens with two attached hydrogens (primary N) is 1. The first kappa shape index (κ1) is 19.6. The summed E-state index contributed by atoms with van der Waals surface area (Å²) in [5.74, 6) is -1.16. The third-order valence-corrected chi connectivity index (χ3v) is 2.92. The van der Waals surface area contributed by atoms with Gasteiger partial charge in [0.05, 0.1) is 0 Å². The number of esters is 2. The van der Waals surface area contributed by atoms with Gasteiger partial charge in [0.15, 0.2) is 0 Å². The van der Waals surface area contributed by atoms with Gasteiger partial charge in [-0.3, -0.25) is 4.79 Å². The molecule has 0 fully saturated rings. The van der Waals surface area contributed by atoms with Crippen LogP contribution in [0.4, 0.5) is 0 Å². The molecule has 0 heterocycles. The van der Waals surface area contributed by atoms with E-state index in [1.807, 2.05) is 0 Å². The van der Waals surface area contributed by atoms with Gasteiger partial charge >= 0.3 is 11.9 Å². The van der Waals surface area contributed by atoms with Crippen molar-refractivity contribution < 1.29 is 14.3 Å². The monoisotopic (exact) mass is 295 g/mol. The van der Waals surface area contributed by atoms with Crippen molar-refractivity contribution in [2.24, 2.45) is 5.73 Å². The van der Waals surface area contributed by atoms with E-state index in [4.69, 9.17) is 5.73 Å². The van der Waals surface area contributed by atoms with Gasteiger partial charge in [0.2, 0.25) is 0 Å². The van der Waals surface area contributed by atoms with Crippen LogP contribution >= 0.6 is 0 Å². The lowest BCUT2D eigenvalue weighted by Crippen LogP contribution is -2.30. The molecule has 4 nitrogen and oxygen atoms in total. The molecule has 21 heavy (non-hydrogen) atoms. The maximum Gasteiger partial charge on any atom is 0.330 e. The molecule has 0 rings (SSSR count). The van der Waals surface area contributed by atoms with E-state index in [9.17, 15) is 9.59 Å². The minimum atomic E-state index is -0.752. The Labute approximate surface area is 128 Å². The Bertz CT molecular complexity index is 346. The van der Waals surface area contributed by atoms with Crippen LogP contribution in [0.5, 0.6) is 0 Å². The fourth-order valence-electron chi connectivity index (χ4n) is 1.64. The molecule has 0 saturated carbocycles. The molecule has 4 heteroatoms. The number of ether oxygens (including phenoxy) is 1. The Morgan fingerprint density at radius 2 is 1.67 bits per heavy atom. The SMILES string of the molecule is CCCCC/C=C\C/C=C\CCCC(=O)OC(=O)C(C)N. The molecule has 0 aliphatic rings. The Hall–Kier alpha value is -1.42. The lowest BCUT2D eigenvalue weighted by atomic mass is 10.2. The van der Waals surface area contributed by atoms with Gasteiger partial charge in [-0.1, -0.05) is 44.1 Å². The highest BCUT2D eigenvalue weighted by Gasteiger charge is 2.13. The van der Waals surface area contributed by atoms with E-state index >= 15 is 0 Å². The summed E-state index contributed by atoms with van der Waals surface area (Å²) in [5, 5.41) is 0. The second kappa shape index (κ2) is 13.6. The molecular weight excluding hydrogens is 266 g/mol. The van der Waals surface area contributed by atoms with Gasteiger partial charge in [0.1, 0.15) is 6.04 Å². The van der Waals surface area contributed by atoms with E-state index in [1.165, 1.54) is 26.2 Å². The van der Waals surface area contributed by atoms with Crippen molar-refractivity contribution in [3.05, 3.63) is 24.3 Å². The van der Waals surface area contributed by atoms with E-state index < -0.39 is 18.0 Å². The van der Waals surface area contributed by atoms with Crippen molar-refractivity contribution >= 4 is 11.9 Å². The second-order valence-corrected chi connectivity index (χ2v) is 5.15. The van der Waals surface area contributed by atoms with Gasteiger partial charge < -0.3 is 10.5 Å². The highest BCUT2D eigenvalue weighted by molar-refractivity contribution is 5.87. The first-order valence-corrected chi connectivity index (χ1v) is 7.88. The van der Waals surface area contributed by atoms with Crippen LogP contribution in [0.15, 0.2) is 24.3 Å². The van der Waals surface area contributed by atoms with Gasteiger partial charge in [-0.15, -0.1) is 0 Å². The molecule has 120 valence electrons. The largest absolute Gasteiger partial charge is 0.392 e. The van der Waals surface area contributed by atoms with Crippen LogP contribution in [0.3, 0.4) is 0 Å². The van der Waals surface area contributed by atoms with Gasteiger partial charge in [0.25, 0.3) is 0 Å². The van der Waals surface area contributed by atoms with Gasteiger partial charge in [-0.2, -0.15) is 0 Å². The first-order valence-electron chi connectivity index (χ1n) is 7.88. The van der Waals surface area contributed by atoms with E-state index in [1.54, 1.807) is 0 Å². The summed E-state index contributed by atoms with van der Waals surface area (Å²) in [6.45, 7) is 3.70. The summed E-state index contributed by atoms with van der Waals surface area (Å²) in [4.78, 5) is 22.3.